The molecule has 1 aliphatic heterocycles. The first-order chi connectivity index (χ1) is 9.26. The van der Waals surface area contributed by atoms with Crippen molar-refractivity contribution in [2.45, 2.75) is 25.4 Å². The third-order valence-corrected chi connectivity index (χ3v) is 4.27. The molecule has 4 heteroatoms. The Bertz CT molecular complexity index is 564. The molecule has 0 aliphatic carbocycles. The first-order valence-electron chi connectivity index (χ1n) is 6.91. The van der Waals surface area contributed by atoms with Gasteiger partial charge >= 0.3 is 0 Å². The minimum atomic E-state index is 0.633. The van der Waals surface area contributed by atoms with Crippen molar-refractivity contribution in [1.82, 2.24) is 15.2 Å². The smallest absolute Gasteiger partial charge is 0.0472 e. The fourth-order valence-electron chi connectivity index (χ4n) is 2.97. The van der Waals surface area contributed by atoms with E-state index < -0.39 is 0 Å². The van der Waals surface area contributed by atoms with Crippen LogP contribution in [0.4, 0.5) is 0 Å². The van der Waals surface area contributed by atoms with Crippen LogP contribution in [0.3, 0.4) is 0 Å². The highest BCUT2D eigenvalue weighted by Crippen LogP contribution is 2.24. The molecule has 102 valence electrons. The maximum absolute atomic E-state index is 6.02. The number of aromatic nitrogens is 1. The molecule has 3 rings (SSSR count). The summed E-state index contributed by atoms with van der Waals surface area (Å²) < 4.78 is 0. The molecule has 0 radical (unpaired) electrons. The lowest BCUT2D eigenvalue weighted by Crippen LogP contribution is -2.43. The number of nitrogens with one attached hydrogen (secondary N) is 2. The molecule has 0 spiro atoms. The Morgan fingerprint density at radius 1 is 1.47 bits per heavy atom. The number of H-pyrrole nitrogens is 1. The van der Waals surface area contributed by atoms with E-state index in [0.717, 1.165) is 23.6 Å². The zero-order valence-electron chi connectivity index (χ0n) is 11.2. The number of benzene rings is 1. The molecule has 0 amide bonds. The first-order valence-corrected chi connectivity index (χ1v) is 7.29. The van der Waals surface area contributed by atoms with E-state index in [1.165, 1.54) is 30.3 Å². The zero-order valence-corrected chi connectivity index (χ0v) is 12.0. The molecule has 1 aliphatic rings. The molecular weight excluding hydrogens is 258 g/mol. The number of hydrogen-bond acceptors (Lipinski definition) is 2. The second kappa shape index (κ2) is 5.53. The van der Waals surface area contributed by atoms with E-state index in [-0.39, 0.29) is 0 Å². The molecule has 0 bridgehead atoms. The van der Waals surface area contributed by atoms with E-state index in [2.05, 4.69) is 34.5 Å². The van der Waals surface area contributed by atoms with Gasteiger partial charge in [0.05, 0.1) is 0 Å². The molecule has 2 N–H and O–H groups in total. The van der Waals surface area contributed by atoms with Gasteiger partial charge in [-0.15, -0.1) is 0 Å². The molecule has 1 fully saturated rings. The second-order valence-electron chi connectivity index (χ2n) is 5.37. The highest BCUT2D eigenvalue weighted by Gasteiger charge is 2.19. The minimum Gasteiger partial charge on any atom is -0.361 e. The lowest BCUT2D eigenvalue weighted by atomic mass is 10.0. The lowest BCUT2D eigenvalue weighted by molar-refractivity contribution is 0.188. The van der Waals surface area contributed by atoms with E-state index in [1.807, 2.05) is 12.1 Å². The molecule has 1 saturated heterocycles. The number of likely N-dealkylation sites (N-methyl/N-ethyl adjacent to an activating group) is 1. The fraction of sp³-hybridized carbons (Fsp3) is 0.467. The molecule has 1 aromatic heterocycles. The van der Waals surface area contributed by atoms with Gasteiger partial charge in [-0.2, -0.15) is 0 Å². The number of likely N-dealkylation sites (tertiary alicyclic amines) is 1. The van der Waals surface area contributed by atoms with E-state index in [9.17, 15) is 0 Å². The molecular formula is C15H20ClN3. The van der Waals surface area contributed by atoms with Crippen LogP contribution in [0.25, 0.3) is 10.9 Å². The Balaban J connectivity index is 1.77. The highest BCUT2D eigenvalue weighted by molar-refractivity contribution is 6.31. The third kappa shape index (κ3) is 2.78. The standard InChI is InChI=1S/C15H20ClN3/c1-17-13-3-2-6-19(10-13)9-11-8-18-15-7-12(16)4-5-14(11)15/h4-5,7-8,13,17-18H,2-3,6,9-10H2,1H3. The average Bonchev–Trinajstić information content (AvgIpc) is 2.81. The van der Waals surface area contributed by atoms with Crippen LogP contribution in [0.1, 0.15) is 18.4 Å². The number of halogens is 1. The summed E-state index contributed by atoms with van der Waals surface area (Å²) in [5.41, 5.74) is 2.49. The Kier molecular flexibility index (Phi) is 3.78. The van der Waals surface area contributed by atoms with Crippen molar-refractivity contribution < 1.29 is 0 Å². The van der Waals surface area contributed by atoms with Gasteiger partial charge in [-0.3, -0.25) is 4.90 Å². The van der Waals surface area contributed by atoms with Crippen LogP contribution in [0.2, 0.25) is 5.02 Å². The zero-order chi connectivity index (χ0) is 13.2. The van der Waals surface area contributed by atoms with Crippen LogP contribution < -0.4 is 5.32 Å². The number of rotatable bonds is 3. The predicted molar refractivity (Wildman–Crippen MR) is 80.7 cm³/mol. The van der Waals surface area contributed by atoms with Gasteiger partial charge < -0.3 is 10.3 Å². The molecule has 1 unspecified atom stereocenters. The summed E-state index contributed by atoms with van der Waals surface area (Å²) in [7, 11) is 2.06. The van der Waals surface area contributed by atoms with Gasteiger partial charge in [0.25, 0.3) is 0 Å². The SMILES string of the molecule is CNC1CCCN(Cc2c[nH]c3cc(Cl)ccc23)C1. The number of fused-ring (bicyclic) bond motifs is 1. The summed E-state index contributed by atoms with van der Waals surface area (Å²) in [4.78, 5) is 5.85. The van der Waals surface area contributed by atoms with Crippen LogP contribution in [0.5, 0.6) is 0 Å². The van der Waals surface area contributed by atoms with Gasteiger partial charge in [0.2, 0.25) is 0 Å². The van der Waals surface area contributed by atoms with Gasteiger partial charge in [-0.05, 0) is 44.1 Å². The van der Waals surface area contributed by atoms with Gasteiger partial charge in [-0.25, -0.2) is 0 Å². The summed E-state index contributed by atoms with van der Waals surface area (Å²) in [5.74, 6) is 0. The van der Waals surface area contributed by atoms with Crippen molar-refractivity contribution in [3.8, 4) is 0 Å². The van der Waals surface area contributed by atoms with Gasteiger partial charge in [0, 0.05) is 41.3 Å². The number of piperidine rings is 1. The Morgan fingerprint density at radius 2 is 2.37 bits per heavy atom. The van der Waals surface area contributed by atoms with Gasteiger partial charge in [-0.1, -0.05) is 17.7 Å². The molecule has 2 heterocycles. The van der Waals surface area contributed by atoms with Crippen LogP contribution in [-0.2, 0) is 6.54 Å². The summed E-state index contributed by atoms with van der Waals surface area (Å²) in [5, 5.41) is 5.47. The number of aromatic amines is 1. The van der Waals surface area contributed by atoms with Crippen molar-refractivity contribution in [3.63, 3.8) is 0 Å². The molecule has 2 aromatic rings. The second-order valence-corrected chi connectivity index (χ2v) is 5.80. The maximum atomic E-state index is 6.02. The average molecular weight is 278 g/mol. The molecule has 1 aromatic carbocycles. The monoisotopic (exact) mass is 277 g/mol. The molecule has 19 heavy (non-hydrogen) atoms. The topological polar surface area (TPSA) is 31.1 Å². The van der Waals surface area contributed by atoms with Crippen molar-refractivity contribution in [1.29, 1.82) is 0 Å². The summed E-state index contributed by atoms with van der Waals surface area (Å²) in [6, 6.07) is 6.71. The molecule has 3 nitrogen and oxygen atoms in total. The molecule has 1 atom stereocenters. The summed E-state index contributed by atoms with van der Waals surface area (Å²) in [6.07, 6.45) is 4.68. The Morgan fingerprint density at radius 3 is 3.21 bits per heavy atom. The van der Waals surface area contributed by atoms with E-state index >= 15 is 0 Å². The predicted octanol–water partition coefficient (Wildman–Crippen LogP) is 3.01. The fourth-order valence-corrected chi connectivity index (χ4v) is 3.14. The Hall–Kier alpha value is -1.03. The van der Waals surface area contributed by atoms with Crippen LogP contribution in [0, 0.1) is 0 Å². The summed E-state index contributed by atoms with van der Waals surface area (Å²) in [6.45, 7) is 3.34. The lowest BCUT2D eigenvalue weighted by Gasteiger charge is -2.32. The van der Waals surface area contributed by atoms with E-state index in [0.29, 0.717) is 6.04 Å². The van der Waals surface area contributed by atoms with Crippen molar-refractivity contribution in [2.75, 3.05) is 20.1 Å². The van der Waals surface area contributed by atoms with E-state index in [4.69, 9.17) is 11.6 Å². The highest BCUT2D eigenvalue weighted by atomic mass is 35.5. The van der Waals surface area contributed by atoms with Gasteiger partial charge in [0.15, 0.2) is 0 Å². The first kappa shape index (κ1) is 13.0. The quantitative estimate of drug-likeness (QED) is 0.904. The largest absolute Gasteiger partial charge is 0.361 e. The van der Waals surface area contributed by atoms with Crippen molar-refractivity contribution >= 4 is 22.5 Å². The van der Waals surface area contributed by atoms with Crippen molar-refractivity contribution in [3.05, 3.63) is 35.0 Å². The van der Waals surface area contributed by atoms with Crippen molar-refractivity contribution in [2.24, 2.45) is 0 Å². The summed E-state index contributed by atoms with van der Waals surface area (Å²) >= 11 is 6.02. The van der Waals surface area contributed by atoms with Crippen LogP contribution in [0.15, 0.2) is 24.4 Å². The third-order valence-electron chi connectivity index (χ3n) is 4.04. The Labute approximate surface area is 118 Å². The van der Waals surface area contributed by atoms with Gasteiger partial charge in [0.1, 0.15) is 0 Å². The van der Waals surface area contributed by atoms with Crippen LogP contribution >= 0.6 is 11.6 Å². The molecule has 0 saturated carbocycles. The van der Waals surface area contributed by atoms with E-state index in [1.54, 1.807) is 0 Å². The normalized spacial score (nSPS) is 21.1. The minimum absolute atomic E-state index is 0.633. The number of nitrogens with zero attached hydrogens (tertiary/aromatic N) is 1. The number of hydrogen-bond donors (Lipinski definition) is 2. The maximum Gasteiger partial charge on any atom is 0.0472 e. The van der Waals surface area contributed by atoms with Crippen LogP contribution in [-0.4, -0.2) is 36.1 Å².